The van der Waals surface area contributed by atoms with Crippen LogP contribution in [0.1, 0.15) is 70.2 Å². The van der Waals surface area contributed by atoms with Crippen molar-refractivity contribution in [2.75, 3.05) is 6.54 Å². The molecule has 5 rings (SSSR count). The smallest absolute Gasteiger partial charge is 0.248 e. The Bertz CT molecular complexity index is 1040. The predicted octanol–water partition coefficient (Wildman–Crippen LogP) is 0.392. The van der Waals surface area contributed by atoms with Gasteiger partial charge in [0.15, 0.2) is 0 Å². The number of aliphatic hydroxyl groups is 2. The first-order valence-electron chi connectivity index (χ1n) is 12.0. The van der Waals surface area contributed by atoms with E-state index in [2.05, 4.69) is 20.7 Å². The Hall–Kier alpha value is -2.79. The highest BCUT2D eigenvalue weighted by molar-refractivity contribution is 5.90. The van der Waals surface area contributed by atoms with Crippen molar-refractivity contribution in [3.63, 3.8) is 0 Å². The molecule has 2 amide bonds. The van der Waals surface area contributed by atoms with E-state index in [1.807, 2.05) is 27.0 Å². The van der Waals surface area contributed by atoms with Crippen molar-refractivity contribution < 1.29 is 19.8 Å². The van der Waals surface area contributed by atoms with E-state index in [4.69, 9.17) is 0 Å². The van der Waals surface area contributed by atoms with E-state index in [0.717, 1.165) is 18.5 Å². The first-order chi connectivity index (χ1) is 16.1. The van der Waals surface area contributed by atoms with Crippen LogP contribution in [-0.4, -0.2) is 82.5 Å². The van der Waals surface area contributed by atoms with Gasteiger partial charge >= 0.3 is 0 Å². The third kappa shape index (κ3) is 4.22. The van der Waals surface area contributed by atoms with E-state index in [0.29, 0.717) is 12.3 Å². The quantitative estimate of drug-likeness (QED) is 0.554. The number of nitrogens with zero attached hydrogens (tertiary/aromatic N) is 6. The molecule has 3 fully saturated rings. The Kier molecular flexibility index (Phi) is 5.71. The van der Waals surface area contributed by atoms with Crippen molar-refractivity contribution in [3.05, 3.63) is 30.4 Å². The van der Waals surface area contributed by atoms with Crippen LogP contribution in [0, 0.1) is 5.41 Å². The van der Waals surface area contributed by atoms with Crippen LogP contribution < -0.4 is 5.32 Å². The largest absolute Gasteiger partial charge is 0.391 e. The maximum absolute atomic E-state index is 13.8. The number of amides is 2. The minimum atomic E-state index is -0.796. The SMILES string of the molecule is CC(C)(C)[C@H](C(=O)N1C[C@H](O)C[C@H]1C(=O)NC1CC(O)C1n1cccn1)n1cc(C2CC2)nn1. The zero-order valence-corrected chi connectivity index (χ0v) is 19.8. The summed E-state index contributed by atoms with van der Waals surface area (Å²) in [6, 6.07) is -0.340. The second-order valence-electron chi connectivity index (χ2n) is 11.0. The molecule has 11 nitrogen and oxygen atoms in total. The van der Waals surface area contributed by atoms with E-state index < -0.39 is 29.7 Å². The van der Waals surface area contributed by atoms with Crippen LogP contribution in [0.25, 0.3) is 0 Å². The number of likely N-dealkylation sites (tertiary alicyclic amines) is 1. The zero-order valence-electron chi connectivity index (χ0n) is 19.8. The fraction of sp³-hybridized carbons (Fsp3) is 0.696. The number of carbonyl (C=O) groups excluding carboxylic acids is 2. The molecule has 0 aromatic carbocycles. The standard InChI is InChI=1S/C23H33N7O4/c1-23(2,3)20(30-12-16(26-27-30)13-5-6-13)22(34)28-11-14(31)9-17(28)21(33)25-15-10-18(32)19(15)29-8-4-7-24-29/h4,7-8,12-15,17-20,31-32H,5-6,9-11H2,1-3H3,(H,25,33)/t14-,15?,17+,18?,19?,20+/m1/s1. The molecule has 184 valence electrons. The highest BCUT2D eigenvalue weighted by atomic mass is 16.3. The van der Waals surface area contributed by atoms with Crippen molar-refractivity contribution in [1.82, 2.24) is 35.0 Å². The van der Waals surface area contributed by atoms with E-state index in [1.54, 1.807) is 27.8 Å². The summed E-state index contributed by atoms with van der Waals surface area (Å²) in [7, 11) is 0. The topological polar surface area (TPSA) is 138 Å². The molecular weight excluding hydrogens is 438 g/mol. The Labute approximate surface area is 198 Å². The monoisotopic (exact) mass is 471 g/mol. The molecule has 34 heavy (non-hydrogen) atoms. The summed E-state index contributed by atoms with van der Waals surface area (Å²) in [6.45, 7) is 5.96. The van der Waals surface area contributed by atoms with Crippen molar-refractivity contribution in [2.24, 2.45) is 5.41 Å². The highest BCUT2D eigenvalue weighted by Crippen LogP contribution is 2.40. The summed E-state index contributed by atoms with van der Waals surface area (Å²) in [5.74, 6) is -0.172. The number of aliphatic hydroxyl groups excluding tert-OH is 2. The third-order valence-electron chi connectivity index (χ3n) is 7.17. The van der Waals surface area contributed by atoms with E-state index in [1.165, 1.54) is 4.90 Å². The summed E-state index contributed by atoms with van der Waals surface area (Å²) < 4.78 is 3.26. The Morgan fingerprint density at radius 2 is 1.97 bits per heavy atom. The number of hydrogen-bond acceptors (Lipinski definition) is 7. The van der Waals surface area contributed by atoms with Crippen LogP contribution in [0.4, 0.5) is 0 Å². The van der Waals surface area contributed by atoms with Gasteiger partial charge in [-0.2, -0.15) is 5.10 Å². The first kappa shape index (κ1) is 23.0. The van der Waals surface area contributed by atoms with E-state index in [-0.39, 0.29) is 36.9 Å². The molecule has 2 aromatic rings. The number of hydrogen-bond donors (Lipinski definition) is 3. The molecule has 1 saturated heterocycles. The van der Waals surface area contributed by atoms with Gasteiger partial charge < -0.3 is 20.4 Å². The van der Waals surface area contributed by atoms with E-state index in [9.17, 15) is 19.8 Å². The molecule has 3 unspecified atom stereocenters. The fourth-order valence-electron chi connectivity index (χ4n) is 5.18. The molecule has 1 aliphatic heterocycles. The lowest BCUT2D eigenvalue weighted by Crippen LogP contribution is -2.59. The molecule has 0 spiro atoms. The Morgan fingerprint density at radius 1 is 1.21 bits per heavy atom. The normalized spacial score (nSPS) is 30.1. The second kappa shape index (κ2) is 8.46. The minimum absolute atomic E-state index is 0.0869. The number of carbonyl (C=O) groups is 2. The molecule has 3 aliphatic rings. The van der Waals surface area contributed by atoms with Gasteiger partial charge in [-0.1, -0.05) is 26.0 Å². The van der Waals surface area contributed by atoms with Crippen molar-refractivity contribution in [3.8, 4) is 0 Å². The third-order valence-corrected chi connectivity index (χ3v) is 7.17. The minimum Gasteiger partial charge on any atom is -0.391 e. The lowest BCUT2D eigenvalue weighted by Gasteiger charge is -2.42. The van der Waals surface area contributed by atoms with Crippen LogP contribution in [0.5, 0.6) is 0 Å². The fourth-order valence-corrected chi connectivity index (χ4v) is 5.18. The molecule has 6 atom stereocenters. The molecular formula is C23H33N7O4. The first-order valence-corrected chi connectivity index (χ1v) is 12.0. The molecule has 3 N–H and O–H groups in total. The highest BCUT2D eigenvalue weighted by Gasteiger charge is 2.48. The summed E-state index contributed by atoms with van der Waals surface area (Å²) in [4.78, 5) is 28.6. The van der Waals surface area contributed by atoms with Crippen LogP contribution in [0.15, 0.2) is 24.7 Å². The van der Waals surface area contributed by atoms with Crippen molar-refractivity contribution >= 4 is 11.8 Å². The zero-order chi connectivity index (χ0) is 24.2. The van der Waals surface area contributed by atoms with Gasteiger partial charge in [-0.15, -0.1) is 5.10 Å². The molecule has 2 aliphatic carbocycles. The molecule has 11 heteroatoms. The number of rotatable bonds is 6. The summed E-state index contributed by atoms with van der Waals surface area (Å²) in [5.41, 5.74) is 0.412. The van der Waals surface area contributed by atoms with Crippen molar-refractivity contribution in [1.29, 1.82) is 0 Å². The maximum atomic E-state index is 13.8. The van der Waals surface area contributed by atoms with Gasteiger partial charge in [0.25, 0.3) is 0 Å². The summed E-state index contributed by atoms with van der Waals surface area (Å²) >= 11 is 0. The summed E-state index contributed by atoms with van der Waals surface area (Å²) in [5, 5.41) is 36.3. The van der Waals surface area contributed by atoms with Crippen LogP contribution in [0.2, 0.25) is 0 Å². The predicted molar refractivity (Wildman–Crippen MR) is 120 cm³/mol. The summed E-state index contributed by atoms with van der Waals surface area (Å²) in [6.07, 6.45) is 6.59. The van der Waals surface area contributed by atoms with Gasteiger partial charge in [0, 0.05) is 37.5 Å². The molecule has 0 radical (unpaired) electrons. The molecule has 2 saturated carbocycles. The number of β-amino-alcohol motifs (C(OH)–C–C–N with tert-alkyl or cyclic N) is 1. The van der Waals surface area contributed by atoms with Crippen LogP contribution in [-0.2, 0) is 9.59 Å². The second-order valence-corrected chi connectivity index (χ2v) is 11.0. The average Bonchev–Trinajstić information content (AvgIpc) is 3.12. The Balaban J connectivity index is 1.33. The van der Waals surface area contributed by atoms with Crippen LogP contribution >= 0.6 is 0 Å². The average molecular weight is 472 g/mol. The van der Waals surface area contributed by atoms with Gasteiger partial charge in [-0.05, 0) is 30.7 Å². The number of aromatic nitrogens is 5. The van der Waals surface area contributed by atoms with Gasteiger partial charge in [0.1, 0.15) is 12.1 Å². The lowest BCUT2D eigenvalue weighted by molar-refractivity contribution is -0.145. The van der Waals surface area contributed by atoms with Gasteiger partial charge in [-0.25, -0.2) is 4.68 Å². The van der Waals surface area contributed by atoms with Gasteiger partial charge in [0.2, 0.25) is 11.8 Å². The lowest BCUT2D eigenvalue weighted by atomic mass is 9.82. The van der Waals surface area contributed by atoms with Gasteiger partial charge in [0.05, 0.1) is 30.0 Å². The molecule has 2 aromatic heterocycles. The van der Waals surface area contributed by atoms with E-state index >= 15 is 0 Å². The molecule has 0 bridgehead atoms. The van der Waals surface area contributed by atoms with Crippen molar-refractivity contribution in [2.45, 2.75) is 88.7 Å². The Morgan fingerprint density at radius 3 is 2.59 bits per heavy atom. The van der Waals surface area contributed by atoms with Crippen LogP contribution in [0.3, 0.4) is 0 Å². The maximum Gasteiger partial charge on any atom is 0.248 e. The number of nitrogens with one attached hydrogen (secondary N) is 1. The molecule has 3 heterocycles. The van der Waals surface area contributed by atoms with Gasteiger partial charge in [-0.3, -0.25) is 14.3 Å².